The van der Waals surface area contributed by atoms with Crippen LogP contribution in [0, 0.1) is 12.8 Å². The molecule has 4 nitrogen and oxygen atoms in total. The minimum absolute atomic E-state index is 0.00240. The Bertz CT molecular complexity index is 339. The lowest BCUT2D eigenvalue weighted by molar-refractivity contribution is 0.280. The van der Waals surface area contributed by atoms with E-state index >= 15 is 0 Å². The van der Waals surface area contributed by atoms with Crippen LogP contribution in [-0.4, -0.2) is 28.2 Å². The van der Waals surface area contributed by atoms with Gasteiger partial charge in [-0.25, -0.2) is 9.97 Å². The van der Waals surface area contributed by atoms with Crippen LogP contribution >= 0.6 is 0 Å². The van der Waals surface area contributed by atoms with Crippen LogP contribution in [0.25, 0.3) is 0 Å². The second kappa shape index (κ2) is 5.80. The number of hydrogen-bond acceptors (Lipinski definition) is 4. The van der Waals surface area contributed by atoms with Crippen molar-refractivity contribution in [3.63, 3.8) is 0 Å². The highest BCUT2D eigenvalue weighted by Gasteiger charge is 2.10. The smallest absolute Gasteiger partial charge is 0.225 e. The maximum atomic E-state index is 9.06. The molecule has 0 aromatic carbocycles. The molecule has 0 bridgehead atoms. The van der Waals surface area contributed by atoms with E-state index in [2.05, 4.69) is 35.6 Å². The third-order valence-electron chi connectivity index (χ3n) is 2.49. The Labute approximate surface area is 97.3 Å². The number of aliphatic hydroxyl groups excluding tert-OH is 1. The highest BCUT2D eigenvalue weighted by atomic mass is 16.3. The highest BCUT2D eigenvalue weighted by Crippen LogP contribution is 2.12. The minimum atomic E-state index is 0.00240. The lowest BCUT2D eigenvalue weighted by atomic mass is 10.2. The summed E-state index contributed by atoms with van der Waals surface area (Å²) in [5, 5.41) is 9.06. The van der Waals surface area contributed by atoms with Crippen LogP contribution < -0.4 is 4.90 Å². The van der Waals surface area contributed by atoms with Gasteiger partial charge in [0.25, 0.3) is 0 Å². The summed E-state index contributed by atoms with van der Waals surface area (Å²) in [4.78, 5) is 10.9. The molecule has 16 heavy (non-hydrogen) atoms. The summed E-state index contributed by atoms with van der Waals surface area (Å²) < 4.78 is 0. The Morgan fingerprint density at radius 2 is 2.12 bits per heavy atom. The molecule has 0 unspecified atom stereocenters. The summed E-state index contributed by atoms with van der Waals surface area (Å²) in [6.45, 7) is 10.2. The minimum Gasteiger partial charge on any atom is -0.392 e. The Balaban J connectivity index is 2.89. The van der Waals surface area contributed by atoms with Crippen LogP contribution in [0.3, 0.4) is 0 Å². The number of aromatic nitrogens is 2. The predicted molar refractivity (Wildman–Crippen MR) is 65.4 cm³/mol. The highest BCUT2D eigenvalue weighted by molar-refractivity contribution is 5.32. The molecule has 1 heterocycles. The quantitative estimate of drug-likeness (QED) is 0.826. The van der Waals surface area contributed by atoms with E-state index in [0.717, 1.165) is 30.3 Å². The molecular weight excluding hydrogens is 202 g/mol. The van der Waals surface area contributed by atoms with Crippen LogP contribution in [0.15, 0.2) is 6.20 Å². The largest absolute Gasteiger partial charge is 0.392 e. The van der Waals surface area contributed by atoms with E-state index in [0.29, 0.717) is 5.92 Å². The average molecular weight is 223 g/mol. The van der Waals surface area contributed by atoms with E-state index in [4.69, 9.17) is 5.11 Å². The molecule has 0 aliphatic rings. The van der Waals surface area contributed by atoms with Gasteiger partial charge in [-0.2, -0.15) is 0 Å². The zero-order valence-corrected chi connectivity index (χ0v) is 10.6. The molecule has 1 aromatic heterocycles. The first-order valence-electron chi connectivity index (χ1n) is 5.76. The topological polar surface area (TPSA) is 49.2 Å². The fourth-order valence-corrected chi connectivity index (χ4v) is 1.58. The van der Waals surface area contributed by atoms with Gasteiger partial charge in [0, 0.05) is 30.5 Å². The van der Waals surface area contributed by atoms with Crippen molar-refractivity contribution < 1.29 is 5.11 Å². The first-order valence-corrected chi connectivity index (χ1v) is 5.76. The average Bonchev–Trinajstić information content (AvgIpc) is 2.25. The van der Waals surface area contributed by atoms with Crippen LogP contribution in [-0.2, 0) is 6.61 Å². The van der Waals surface area contributed by atoms with Crippen molar-refractivity contribution in [1.82, 2.24) is 9.97 Å². The Kier molecular flexibility index (Phi) is 4.68. The number of anilines is 1. The second-order valence-electron chi connectivity index (χ2n) is 4.37. The summed E-state index contributed by atoms with van der Waals surface area (Å²) in [5.41, 5.74) is 1.65. The number of aliphatic hydroxyl groups is 1. The van der Waals surface area contributed by atoms with Crippen LogP contribution in [0.5, 0.6) is 0 Å². The first-order chi connectivity index (χ1) is 7.58. The van der Waals surface area contributed by atoms with E-state index in [-0.39, 0.29) is 6.61 Å². The monoisotopic (exact) mass is 223 g/mol. The SMILES string of the molecule is CCN(CC(C)C)c1ncc(CO)c(C)n1. The lowest BCUT2D eigenvalue weighted by Gasteiger charge is -2.23. The van der Waals surface area contributed by atoms with E-state index in [9.17, 15) is 0 Å². The van der Waals surface area contributed by atoms with Crippen molar-refractivity contribution in [2.24, 2.45) is 5.92 Å². The molecule has 0 spiro atoms. The van der Waals surface area contributed by atoms with Crippen molar-refractivity contribution in [1.29, 1.82) is 0 Å². The van der Waals surface area contributed by atoms with Crippen molar-refractivity contribution in [2.75, 3.05) is 18.0 Å². The van der Waals surface area contributed by atoms with E-state index in [1.807, 2.05) is 6.92 Å². The normalized spacial score (nSPS) is 10.9. The fourth-order valence-electron chi connectivity index (χ4n) is 1.58. The number of hydrogen-bond donors (Lipinski definition) is 1. The van der Waals surface area contributed by atoms with Gasteiger partial charge in [-0.1, -0.05) is 13.8 Å². The molecule has 0 fully saturated rings. The van der Waals surface area contributed by atoms with E-state index in [1.54, 1.807) is 6.20 Å². The summed E-state index contributed by atoms with van der Waals surface area (Å²) in [7, 11) is 0. The molecule has 0 saturated carbocycles. The predicted octanol–water partition coefficient (Wildman–Crippen LogP) is 1.76. The van der Waals surface area contributed by atoms with Gasteiger partial charge in [0.2, 0.25) is 5.95 Å². The van der Waals surface area contributed by atoms with Crippen molar-refractivity contribution in [3.05, 3.63) is 17.5 Å². The molecule has 0 aliphatic carbocycles. The van der Waals surface area contributed by atoms with Crippen molar-refractivity contribution >= 4 is 5.95 Å². The maximum absolute atomic E-state index is 9.06. The van der Waals surface area contributed by atoms with Gasteiger partial charge in [0.15, 0.2) is 0 Å². The van der Waals surface area contributed by atoms with Gasteiger partial charge in [-0.15, -0.1) is 0 Å². The number of nitrogens with zero attached hydrogens (tertiary/aromatic N) is 3. The van der Waals surface area contributed by atoms with E-state index < -0.39 is 0 Å². The van der Waals surface area contributed by atoms with Crippen LogP contribution in [0.2, 0.25) is 0 Å². The van der Waals surface area contributed by atoms with Gasteiger partial charge in [0.1, 0.15) is 0 Å². The summed E-state index contributed by atoms with van der Waals surface area (Å²) in [6, 6.07) is 0. The van der Waals surface area contributed by atoms with Gasteiger partial charge < -0.3 is 10.0 Å². The Morgan fingerprint density at radius 1 is 1.44 bits per heavy atom. The molecule has 1 aromatic rings. The second-order valence-corrected chi connectivity index (χ2v) is 4.37. The third kappa shape index (κ3) is 3.17. The molecule has 1 N–H and O–H groups in total. The molecule has 0 saturated heterocycles. The van der Waals surface area contributed by atoms with Gasteiger partial charge >= 0.3 is 0 Å². The van der Waals surface area contributed by atoms with Gasteiger partial charge in [0.05, 0.1) is 6.61 Å². The number of rotatable bonds is 5. The van der Waals surface area contributed by atoms with Crippen molar-refractivity contribution in [3.8, 4) is 0 Å². The summed E-state index contributed by atoms with van der Waals surface area (Å²) in [5.74, 6) is 1.34. The maximum Gasteiger partial charge on any atom is 0.225 e. The Hall–Kier alpha value is -1.16. The fraction of sp³-hybridized carbons (Fsp3) is 0.667. The molecule has 90 valence electrons. The van der Waals surface area contributed by atoms with Crippen molar-refractivity contribution in [2.45, 2.75) is 34.3 Å². The summed E-state index contributed by atoms with van der Waals surface area (Å²) in [6.07, 6.45) is 1.71. The summed E-state index contributed by atoms with van der Waals surface area (Å²) >= 11 is 0. The van der Waals surface area contributed by atoms with Gasteiger partial charge in [-0.05, 0) is 19.8 Å². The number of aryl methyl sites for hydroxylation is 1. The van der Waals surface area contributed by atoms with Gasteiger partial charge in [-0.3, -0.25) is 0 Å². The van der Waals surface area contributed by atoms with Crippen LogP contribution in [0.4, 0.5) is 5.95 Å². The molecular formula is C12H21N3O. The lowest BCUT2D eigenvalue weighted by Crippen LogP contribution is -2.29. The standard InChI is InChI=1S/C12H21N3O/c1-5-15(7-9(2)3)12-13-6-11(8-16)10(4)14-12/h6,9,16H,5,7-8H2,1-4H3. The zero-order chi connectivity index (χ0) is 12.1. The van der Waals surface area contributed by atoms with E-state index in [1.165, 1.54) is 0 Å². The molecule has 0 aliphatic heterocycles. The molecule has 0 atom stereocenters. The Morgan fingerprint density at radius 3 is 2.56 bits per heavy atom. The molecule has 0 radical (unpaired) electrons. The van der Waals surface area contributed by atoms with Crippen LogP contribution in [0.1, 0.15) is 32.0 Å². The third-order valence-corrected chi connectivity index (χ3v) is 2.49. The molecule has 4 heteroatoms. The molecule has 1 rings (SSSR count). The zero-order valence-electron chi connectivity index (χ0n) is 10.6. The first kappa shape index (κ1) is 12.9. The molecule has 0 amide bonds.